The SMILES string of the molecule is C[C@H](C(=O)Nc1sccc1C#N)N1CCN(Cc2nc3ccccc3s2)CC1. The van der Waals surface area contributed by atoms with Crippen LogP contribution in [-0.4, -0.2) is 52.9 Å². The van der Waals surface area contributed by atoms with E-state index in [0.717, 1.165) is 43.2 Å². The molecule has 3 aromatic rings. The topological polar surface area (TPSA) is 72.3 Å². The molecule has 1 aromatic carbocycles. The second-order valence-electron chi connectivity index (χ2n) is 6.83. The van der Waals surface area contributed by atoms with E-state index < -0.39 is 0 Å². The highest BCUT2D eigenvalue weighted by atomic mass is 32.1. The maximum atomic E-state index is 12.6. The van der Waals surface area contributed by atoms with Gasteiger partial charge in [0.2, 0.25) is 5.91 Å². The van der Waals surface area contributed by atoms with E-state index in [4.69, 9.17) is 10.2 Å². The Kier molecular flexibility index (Phi) is 5.69. The average molecular weight is 412 g/mol. The molecule has 0 bridgehead atoms. The molecule has 6 nitrogen and oxygen atoms in total. The molecule has 144 valence electrons. The number of nitriles is 1. The summed E-state index contributed by atoms with van der Waals surface area (Å²) >= 11 is 3.14. The maximum Gasteiger partial charge on any atom is 0.242 e. The third-order valence-electron chi connectivity index (χ3n) is 5.05. The minimum Gasteiger partial charge on any atom is -0.315 e. The van der Waals surface area contributed by atoms with Crippen molar-refractivity contribution in [2.75, 3.05) is 31.5 Å². The van der Waals surface area contributed by atoms with Crippen molar-refractivity contribution in [3.63, 3.8) is 0 Å². The number of fused-ring (bicyclic) bond motifs is 1. The van der Waals surface area contributed by atoms with Crippen LogP contribution in [0.3, 0.4) is 0 Å². The lowest BCUT2D eigenvalue weighted by molar-refractivity contribution is -0.121. The quantitative estimate of drug-likeness (QED) is 0.697. The van der Waals surface area contributed by atoms with Crippen molar-refractivity contribution in [3.05, 3.63) is 46.3 Å². The Morgan fingerprint density at radius 3 is 2.82 bits per heavy atom. The number of para-hydroxylation sites is 1. The number of nitrogens with one attached hydrogen (secondary N) is 1. The summed E-state index contributed by atoms with van der Waals surface area (Å²) in [7, 11) is 0. The van der Waals surface area contributed by atoms with Gasteiger partial charge in [0, 0.05) is 26.2 Å². The molecular weight excluding hydrogens is 390 g/mol. The predicted octanol–water partition coefficient (Wildman–Crippen LogP) is 3.37. The summed E-state index contributed by atoms with van der Waals surface area (Å²) in [6, 6.07) is 11.8. The third-order valence-corrected chi connectivity index (χ3v) is 6.90. The smallest absolute Gasteiger partial charge is 0.242 e. The minimum atomic E-state index is -0.224. The summed E-state index contributed by atoms with van der Waals surface area (Å²) in [5.74, 6) is -0.0569. The molecule has 0 aliphatic carbocycles. The molecule has 3 heterocycles. The van der Waals surface area contributed by atoms with Crippen LogP contribution in [0.15, 0.2) is 35.7 Å². The lowest BCUT2D eigenvalue weighted by Gasteiger charge is -2.37. The Bertz CT molecular complexity index is 980. The summed E-state index contributed by atoms with van der Waals surface area (Å²) in [5, 5.41) is 15.6. The van der Waals surface area contributed by atoms with E-state index in [1.54, 1.807) is 17.4 Å². The van der Waals surface area contributed by atoms with Gasteiger partial charge in [0.25, 0.3) is 0 Å². The van der Waals surface area contributed by atoms with Crippen LogP contribution in [0.5, 0.6) is 0 Å². The summed E-state index contributed by atoms with van der Waals surface area (Å²) < 4.78 is 1.23. The van der Waals surface area contributed by atoms with Gasteiger partial charge in [-0.15, -0.1) is 22.7 Å². The van der Waals surface area contributed by atoms with E-state index >= 15 is 0 Å². The molecule has 0 radical (unpaired) electrons. The van der Waals surface area contributed by atoms with Crippen LogP contribution in [0, 0.1) is 11.3 Å². The fourth-order valence-corrected chi connectivity index (χ4v) is 5.11. The number of hydrogen-bond acceptors (Lipinski definition) is 7. The van der Waals surface area contributed by atoms with Crippen LogP contribution in [-0.2, 0) is 11.3 Å². The second kappa shape index (κ2) is 8.37. The van der Waals surface area contributed by atoms with Gasteiger partial charge in [-0.25, -0.2) is 4.98 Å². The highest BCUT2D eigenvalue weighted by Crippen LogP contribution is 2.24. The number of benzene rings is 1. The summed E-state index contributed by atoms with van der Waals surface area (Å²) in [6.07, 6.45) is 0. The van der Waals surface area contributed by atoms with Crippen LogP contribution >= 0.6 is 22.7 Å². The van der Waals surface area contributed by atoms with Gasteiger partial charge in [0.1, 0.15) is 16.1 Å². The molecule has 1 fully saturated rings. The van der Waals surface area contributed by atoms with E-state index in [1.165, 1.54) is 16.0 Å². The lowest BCUT2D eigenvalue weighted by Crippen LogP contribution is -2.52. The van der Waals surface area contributed by atoms with E-state index in [-0.39, 0.29) is 11.9 Å². The van der Waals surface area contributed by atoms with Crippen molar-refractivity contribution >= 4 is 43.8 Å². The van der Waals surface area contributed by atoms with Crippen molar-refractivity contribution < 1.29 is 4.79 Å². The number of thiophene rings is 1. The van der Waals surface area contributed by atoms with Gasteiger partial charge < -0.3 is 5.32 Å². The molecule has 1 aliphatic heterocycles. The molecule has 1 saturated heterocycles. The van der Waals surface area contributed by atoms with Crippen LogP contribution in [0.25, 0.3) is 10.2 Å². The number of aromatic nitrogens is 1. The zero-order valence-corrected chi connectivity index (χ0v) is 17.2. The van der Waals surface area contributed by atoms with Crippen molar-refractivity contribution in [2.45, 2.75) is 19.5 Å². The van der Waals surface area contributed by atoms with E-state index in [2.05, 4.69) is 33.3 Å². The van der Waals surface area contributed by atoms with E-state index in [0.29, 0.717) is 10.6 Å². The largest absolute Gasteiger partial charge is 0.315 e. The lowest BCUT2D eigenvalue weighted by atomic mass is 10.2. The third kappa shape index (κ3) is 4.08. The Balaban J connectivity index is 1.30. The number of carbonyl (C=O) groups is 1. The van der Waals surface area contributed by atoms with Crippen LogP contribution in [0.2, 0.25) is 0 Å². The molecule has 0 spiro atoms. The first kappa shape index (κ1) is 19.0. The molecule has 0 saturated carbocycles. The molecule has 1 N–H and O–H groups in total. The zero-order valence-electron chi connectivity index (χ0n) is 15.6. The number of thiazole rings is 1. The van der Waals surface area contributed by atoms with Gasteiger partial charge in [-0.1, -0.05) is 12.1 Å². The second-order valence-corrected chi connectivity index (χ2v) is 8.86. The van der Waals surface area contributed by atoms with Crippen LogP contribution < -0.4 is 5.32 Å². The highest BCUT2D eigenvalue weighted by Gasteiger charge is 2.26. The standard InChI is InChI=1S/C20H21N5OS2/c1-14(19(26)23-20-15(12-21)6-11-27-20)25-9-7-24(8-10-25)13-18-22-16-4-2-3-5-17(16)28-18/h2-6,11,14H,7-10,13H2,1H3,(H,23,26)/t14-/m1/s1. The average Bonchev–Trinajstić information content (AvgIpc) is 3.33. The van der Waals surface area contributed by atoms with Crippen molar-refractivity contribution in [1.82, 2.24) is 14.8 Å². The van der Waals surface area contributed by atoms with Gasteiger partial charge in [0.15, 0.2) is 0 Å². The van der Waals surface area contributed by atoms with Gasteiger partial charge in [-0.3, -0.25) is 14.6 Å². The fraction of sp³-hybridized carbons (Fsp3) is 0.350. The van der Waals surface area contributed by atoms with Crippen molar-refractivity contribution in [1.29, 1.82) is 5.26 Å². The number of anilines is 1. The van der Waals surface area contributed by atoms with E-state index in [1.807, 2.05) is 24.4 Å². The Labute approximate surface area is 172 Å². The minimum absolute atomic E-state index is 0.0569. The fourth-order valence-electron chi connectivity index (χ4n) is 3.36. The molecular formula is C20H21N5OS2. The molecule has 8 heteroatoms. The predicted molar refractivity (Wildman–Crippen MR) is 114 cm³/mol. The molecule has 0 unspecified atom stereocenters. The summed E-state index contributed by atoms with van der Waals surface area (Å²) in [4.78, 5) is 21.9. The first-order valence-electron chi connectivity index (χ1n) is 9.23. The number of carbonyl (C=O) groups excluding carboxylic acids is 1. The Morgan fingerprint density at radius 1 is 1.29 bits per heavy atom. The Hall–Kier alpha value is -2.31. The molecule has 1 amide bonds. The number of rotatable bonds is 5. The number of nitrogens with zero attached hydrogens (tertiary/aromatic N) is 4. The monoisotopic (exact) mass is 411 g/mol. The van der Waals surface area contributed by atoms with E-state index in [9.17, 15) is 4.79 Å². The molecule has 28 heavy (non-hydrogen) atoms. The van der Waals surface area contributed by atoms with Crippen molar-refractivity contribution in [3.8, 4) is 6.07 Å². The van der Waals surface area contributed by atoms with Crippen molar-refractivity contribution in [2.24, 2.45) is 0 Å². The normalized spacial score (nSPS) is 16.7. The van der Waals surface area contributed by atoms with Gasteiger partial charge >= 0.3 is 0 Å². The molecule has 1 aliphatic rings. The molecule has 1 atom stereocenters. The molecule has 4 rings (SSSR count). The number of hydrogen-bond donors (Lipinski definition) is 1. The number of piperazine rings is 1. The number of amides is 1. The van der Waals surface area contributed by atoms with Crippen LogP contribution in [0.1, 0.15) is 17.5 Å². The Morgan fingerprint density at radius 2 is 2.07 bits per heavy atom. The first-order valence-corrected chi connectivity index (χ1v) is 10.9. The van der Waals surface area contributed by atoms with Gasteiger partial charge in [-0.05, 0) is 30.5 Å². The van der Waals surface area contributed by atoms with Gasteiger partial charge in [-0.2, -0.15) is 5.26 Å². The van der Waals surface area contributed by atoms with Gasteiger partial charge in [0.05, 0.1) is 28.4 Å². The summed E-state index contributed by atoms with van der Waals surface area (Å²) in [6.45, 7) is 6.29. The summed E-state index contributed by atoms with van der Waals surface area (Å²) in [5.41, 5.74) is 1.59. The van der Waals surface area contributed by atoms with Crippen LogP contribution in [0.4, 0.5) is 5.00 Å². The molecule has 2 aromatic heterocycles. The first-order chi connectivity index (χ1) is 13.6. The highest BCUT2D eigenvalue weighted by molar-refractivity contribution is 7.18. The zero-order chi connectivity index (χ0) is 19.5. The maximum absolute atomic E-state index is 12.6.